The molecule has 5 nitrogen and oxygen atoms in total. The summed E-state index contributed by atoms with van der Waals surface area (Å²) >= 11 is 0. The van der Waals surface area contributed by atoms with Crippen LogP contribution in [0.2, 0.25) is 0 Å². The molecule has 0 saturated carbocycles. The summed E-state index contributed by atoms with van der Waals surface area (Å²) in [5.41, 5.74) is 3.73. The second-order valence-electron chi connectivity index (χ2n) is 4.08. The highest BCUT2D eigenvalue weighted by Crippen LogP contribution is 2.38. The van der Waals surface area contributed by atoms with Crippen LogP contribution < -0.4 is 5.73 Å². The highest BCUT2D eigenvalue weighted by atomic mass is 19.4. The fraction of sp³-hybridized carbons (Fsp3) is 0.154. The Labute approximate surface area is 117 Å². The van der Waals surface area contributed by atoms with Crippen LogP contribution in [0.4, 0.5) is 18.9 Å². The second kappa shape index (κ2) is 5.39. The zero-order valence-electron chi connectivity index (χ0n) is 10.8. The zero-order valence-corrected chi connectivity index (χ0v) is 10.8. The summed E-state index contributed by atoms with van der Waals surface area (Å²) in [7, 11) is 1.11. The molecule has 0 radical (unpaired) electrons. The van der Waals surface area contributed by atoms with Crippen molar-refractivity contribution in [1.82, 2.24) is 10.2 Å². The predicted octanol–water partition coefficient (Wildman–Crippen LogP) is 2.53. The van der Waals surface area contributed by atoms with E-state index >= 15 is 0 Å². The molecule has 1 aromatic carbocycles. The molecule has 0 spiro atoms. The molecule has 0 aliphatic rings. The van der Waals surface area contributed by atoms with E-state index in [2.05, 4.69) is 14.9 Å². The molecule has 0 amide bonds. The highest BCUT2D eigenvalue weighted by Gasteiger charge is 2.35. The summed E-state index contributed by atoms with van der Waals surface area (Å²) in [6, 6.07) is 4.50. The largest absolute Gasteiger partial charge is 0.465 e. The van der Waals surface area contributed by atoms with Gasteiger partial charge in [0.1, 0.15) is 0 Å². The number of nitrogens with two attached hydrogens (primary N) is 1. The number of halogens is 3. The van der Waals surface area contributed by atoms with Crippen LogP contribution in [0, 0.1) is 0 Å². The van der Waals surface area contributed by atoms with Crippen molar-refractivity contribution < 1.29 is 22.7 Å². The van der Waals surface area contributed by atoms with Crippen LogP contribution in [0.15, 0.2) is 30.5 Å². The third-order valence-corrected chi connectivity index (χ3v) is 2.75. The number of nitrogen functional groups attached to an aromatic ring is 1. The first kappa shape index (κ1) is 14.8. The molecule has 0 unspecified atom stereocenters. The van der Waals surface area contributed by atoms with Crippen LogP contribution in [-0.2, 0) is 10.9 Å². The summed E-state index contributed by atoms with van der Waals surface area (Å²) in [6.45, 7) is 0. The molecule has 1 aromatic heterocycles. The van der Waals surface area contributed by atoms with E-state index in [1.165, 1.54) is 18.3 Å². The Balaban J connectivity index is 2.73. The summed E-state index contributed by atoms with van der Waals surface area (Å²) in [5.74, 6) is -0.827. The Morgan fingerprint density at radius 2 is 2.05 bits per heavy atom. The monoisotopic (exact) mass is 297 g/mol. The predicted molar refractivity (Wildman–Crippen MR) is 68.2 cm³/mol. The van der Waals surface area contributed by atoms with Gasteiger partial charge in [-0.3, -0.25) is 0 Å². The molecule has 21 heavy (non-hydrogen) atoms. The molecule has 0 fully saturated rings. The topological polar surface area (TPSA) is 78.1 Å². The number of carbonyl (C=O) groups excluding carboxylic acids is 1. The number of ether oxygens (including phenoxy) is 1. The van der Waals surface area contributed by atoms with Crippen molar-refractivity contribution in [3.8, 4) is 11.3 Å². The van der Waals surface area contributed by atoms with Gasteiger partial charge in [-0.05, 0) is 24.3 Å². The number of aromatic nitrogens is 2. The Morgan fingerprint density at radius 1 is 1.33 bits per heavy atom. The van der Waals surface area contributed by atoms with Gasteiger partial charge in [0.15, 0.2) is 0 Å². The van der Waals surface area contributed by atoms with E-state index < -0.39 is 17.7 Å². The van der Waals surface area contributed by atoms with Gasteiger partial charge in [0.2, 0.25) is 0 Å². The lowest BCUT2D eigenvalue weighted by Crippen LogP contribution is -2.13. The smallest absolute Gasteiger partial charge is 0.417 e. The number of hydrogen-bond acceptors (Lipinski definition) is 5. The van der Waals surface area contributed by atoms with Gasteiger partial charge in [-0.1, -0.05) is 0 Å². The zero-order chi connectivity index (χ0) is 15.6. The fourth-order valence-electron chi connectivity index (χ4n) is 1.79. The van der Waals surface area contributed by atoms with Crippen LogP contribution in [-0.4, -0.2) is 23.3 Å². The summed E-state index contributed by atoms with van der Waals surface area (Å²) in [4.78, 5) is 11.6. The molecule has 2 rings (SSSR count). The van der Waals surface area contributed by atoms with E-state index in [0.29, 0.717) is 6.07 Å². The third-order valence-electron chi connectivity index (χ3n) is 2.75. The van der Waals surface area contributed by atoms with Gasteiger partial charge < -0.3 is 10.5 Å². The SMILES string of the molecule is COC(=O)c1cc(-c2cccnn2)c(C(F)(F)F)cc1N. The first-order chi connectivity index (χ1) is 9.84. The minimum absolute atomic E-state index is 0.0185. The molecule has 8 heteroatoms. The number of methoxy groups -OCH3 is 1. The second-order valence-corrected chi connectivity index (χ2v) is 4.08. The van der Waals surface area contributed by atoms with Crippen molar-refractivity contribution in [2.45, 2.75) is 6.18 Å². The van der Waals surface area contributed by atoms with E-state index in [9.17, 15) is 18.0 Å². The molecule has 0 atom stereocenters. The van der Waals surface area contributed by atoms with Gasteiger partial charge in [0, 0.05) is 17.4 Å². The number of rotatable bonds is 2. The molecule has 1 heterocycles. The van der Waals surface area contributed by atoms with Gasteiger partial charge >= 0.3 is 12.1 Å². The van der Waals surface area contributed by atoms with Gasteiger partial charge in [-0.15, -0.1) is 0 Å². The third kappa shape index (κ3) is 2.93. The fourth-order valence-corrected chi connectivity index (χ4v) is 1.79. The van der Waals surface area contributed by atoms with Crippen LogP contribution in [0.25, 0.3) is 11.3 Å². The normalized spacial score (nSPS) is 11.2. The number of alkyl halides is 3. The molecular weight excluding hydrogens is 287 g/mol. The Kier molecular flexibility index (Phi) is 3.79. The number of nitrogens with zero attached hydrogens (tertiary/aromatic N) is 2. The molecule has 2 N–H and O–H groups in total. The average molecular weight is 297 g/mol. The standard InChI is InChI=1S/C13H10F3N3O2/c1-21-12(20)8-5-7(11-3-2-4-18-19-11)9(6-10(8)17)13(14,15)16/h2-6H,17H2,1H3. The lowest BCUT2D eigenvalue weighted by molar-refractivity contribution is -0.137. The summed E-state index contributed by atoms with van der Waals surface area (Å²) in [6.07, 6.45) is -3.31. The minimum Gasteiger partial charge on any atom is -0.465 e. The molecule has 0 aliphatic carbocycles. The Bertz CT molecular complexity index is 672. The van der Waals surface area contributed by atoms with E-state index in [-0.39, 0.29) is 22.5 Å². The number of benzene rings is 1. The average Bonchev–Trinajstić information content (AvgIpc) is 2.46. The van der Waals surface area contributed by atoms with E-state index in [1.54, 1.807) is 0 Å². The first-order valence-electron chi connectivity index (χ1n) is 5.71. The van der Waals surface area contributed by atoms with Gasteiger partial charge in [0.05, 0.1) is 23.9 Å². The number of hydrogen-bond donors (Lipinski definition) is 1. The van der Waals surface area contributed by atoms with Crippen LogP contribution in [0.1, 0.15) is 15.9 Å². The maximum atomic E-state index is 13.1. The molecule has 2 aromatic rings. The lowest BCUT2D eigenvalue weighted by atomic mass is 9.99. The Morgan fingerprint density at radius 3 is 2.57 bits per heavy atom. The molecule has 0 saturated heterocycles. The molecule has 0 aliphatic heterocycles. The molecular formula is C13H10F3N3O2. The lowest BCUT2D eigenvalue weighted by Gasteiger charge is -2.15. The van der Waals surface area contributed by atoms with Crippen molar-refractivity contribution in [2.75, 3.05) is 12.8 Å². The van der Waals surface area contributed by atoms with E-state index in [1.807, 2.05) is 0 Å². The summed E-state index contributed by atoms with van der Waals surface area (Å²) < 4.78 is 43.8. The maximum Gasteiger partial charge on any atom is 0.417 e. The molecule has 110 valence electrons. The summed E-state index contributed by atoms with van der Waals surface area (Å²) in [5, 5.41) is 7.17. The van der Waals surface area contributed by atoms with E-state index in [4.69, 9.17) is 5.73 Å². The number of carbonyl (C=O) groups is 1. The number of anilines is 1. The van der Waals surface area contributed by atoms with Crippen molar-refractivity contribution in [3.05, 3.63) is 41.6 Å². The molecule has 0 bridgehead atoms. The van der Waals surface area contributed by atoms with Crippen molar-refractivity contribution >= 4 is 11.7 Å². The van der Waals surface area contributed by atoms with Gasteiger partial charge in [-0.25, -0.2) is 4.79 Å². The minimum atomic E-state index is -4.64. The first-order valence-corrected chi connectivity index (χ1v) is 5.71. The number of esters is 1. The van der Waals surface area contributed by atoms with E-state index in [0.717, 1.165) is 13.2 Å². The van der Waals surface area contributed by atoms with Crippen LogP contribution in [0.5, 0.6) is 0 Å². The van der Waals surface area contributed by atoms with Crippen molar-refractivity contribution in [3.63, 3.8) is 0 Å². The van der Waals surface area contributed by atoms with Gasteiger partial charge in [-0.2, -0.15) is 23.4 Å². The van der Waals surface area contributed by atoms with Crippen LogP contribution in [0.3, 0.4) is 0 Å². The Hall–Kier alpha value is -2.64. The maximum absolute atomic E-state index is 13.1. The van der Waals surface area contributed by atoms with Gasteiger partial charge in [0.25, 0.3) is 0 Å². The van der Waals surface area contributed by atoms with Crippen molar-refractivity contribution in [1.29, 1.82) is 0 Å². The van der Waals surface area contributed by atoms with Crippen molar-refractivity contribution in [2.24, 2.45) is 0 Å². The highest BCUT2D eigenvalue weighted by molar-refractivity contribution is 5.97. The quantitative estimate of drug-likeness (QED) is 0.680. The van der Waals surface area contributed by atoms with Crippen LogP contribution >= 0.6 is 0 Å².